The Kier molecular flexibility index (Phi) is 6.44. The van der Waals surface area contributed by atoms with Gasteiger partial charge in [0.2, 0.25) is 0 Å². The Labute approximate surface area is 162 Å². The van der Waals surface area contributed by atoms with Gasteiger partial charge in [-0.15, -0.1) is 11.3 Å². The van der Waals surface area contributed by atoms with Crippen LogP contribution >= 0.6 is 11.3 Å². The first kappa shape index (κ1) is 18.9. The molecule has 1 N–H and O–H groups in total. The van der Waals surface area contributed by atoms with Crippen LogP contribution in [0.1, 0.15) is 17.7 Å². The maximum absolute atomic E-state index is 10.8. The zero-order chi connectivity index (χ0) is 19.1. The van der Waals surface area contributed by atoms with Crippen molar-refractivity contribution in [2.75, 3.05) is 13.7 Å². The fraction of sp³-hybridized carbons (Fsp3) is 0.238. The summed E-state index contributed by atoms with van der Waals surface area (Å²) in [6.07, 6.45) is 1.78. The average molecular weight is 383 g/mol. The van der Waals surface area contributed by atoms with Crippen molar-refractivity contribution in [2.24, 2.45) is 0 Å². The summed E-state index contributed by atoms with van der Waals surface area (Å²) in [5, 5.41) is 11.4. The summed E-state index contributed by atoms with van der Waals surface area (Å²) >= 11 is 1.42. The Balaban J connectivity index is 1.66. The van der Waals surface area contributed by atoms with Crippen molar-refractivity contribution in [2.45, 2.75) is 19.3 Å². The molecule has 0 bridgehead atoms. The standard InChI is InChI=1S/C21H21NO4S/c1-25-18-10-9-16(21-22-17(14-27-21)13-20(23)24)12-19(18)26-11-5-8-15-6-3-2-4-7-15/h2-4,6-7,9-10,12,14H,5,8,11,13H2,1H3,(H,23,24). The van der Waals surface area contributed by atoms with Gasteiger partial charge in [-0.05, 0) is 36.6 Å². The Morgan fingerprint density at radius 2 is 1.96 bits per heavy atom. The van der Waals surface area contributed by atoms with E-state index in [0.717, 1.165) is 23.4 Å². The number of aryl methyl sites for hydroxylation is 1. The lowest BCUT2D eigenvalue weighted by Crippen LogP contribution is -2.01. The molecule has 1 aromatic heterocycles. The minimum absolute atomic E-state index is 0.0739. The molecule has 0 atom stereocenters. The van der Waals surface area contributed by atoms with Crippen LogP contribution in [-0.2, 0) is 17.6 Å². The predicted molar refractivity (Wildman–Crippen MR) is 106 cm³/mol. The maximum Gasteiger partial charge on any atom is 0.309 e. The topological polar surface area (TPSA) is 68.7 Å². The highest BCUT2D eigenvalue weighted by atomic mass is 32.1. The van der Waals surface area contributed by atoms with Gasteiger partial charge in [-0.25, -0.2) is 4.98 Å². The van der Waals surface area contributed by atoms with Crippen molar-refractivity contribution in [3.05, 3.63) is 65.2 Å². The fourth-order valence-corrected chi connectivity index (χ4v) is 3.52. The molecule has 2 aromatic carbocycles. The summed E-state index contributed by atoms with van der Waals surface area (Å²) in [4.78, 5) is 15.2. The highest BCUT2D eigenvalue weighted by Gasteiger charge is 2.11. The van der Waals surface area contributed by atoms with Crippen LogP contribution < -0.4 is 9.47 Å². The van der Waals surface area contributed by atoms with Crippen LogP contribution in [0.2, 0.25) is 0 Å². The summed E-state index contributed by atoms with van der Waals surface area (Å²) < 4.78 is 11.3. The highest BCUT2D eigenvalue weighted by molar-refractivity contribution is 7.13. The molecule has 0 aliphatic heterocycles. The van der Waals surface area contributed by atoms with E-state index in [9.17, 15) is 4.79 Å². The van der Waals surface area contributed by atoms with E-state index in [0.29, 0.717) is 23.8 Å². The largest absolute Gasteiger partial charge is 0.493 e. The number of carboxylic acid groups (broad SMARTS) is 1. The van der Waals surface area contributed by atoms with Crippen LogP contribution in [0, 0.1) is 0 Å². The zero-order valence-electron chi connectivity index (χ0n) is 15.1. The minimum Gasteiger partial charge on any atom is -0.493 e. The molecule has 1 heterocycles. The second-order valence-electron chi connectivity index (χ2n) is 6.02. The van der Waals surface area contributed by atoms with Crippen LogP contribution in [0.4, 0.5) is 0 Å². The lowest BCUT2D eigenvalue weighted by Gasteiger charge is -2.12. The van der Waals surface area contributed by atoms with Crippen LogP contribution in [0.15, 0.2) is 53.9 Å². The molecule has 0 aliphatic rings. The molecule has 0 spiro atoms. The number of hydrogen-bond donors (Lipinski definition) is 1. The van der Waals surface area contributed by atoms with Crippen molar-refractivity contribution in [1.82, 2.24) is 4.98 Å². The third-order valence-corrected chi connectivity index (χ3v) is 4.95. The van der Waals surface area contributed by atoms with Gasteiger partial charge in [-0.1, -0.05) is 30.3 Å². The molecule has 0 radical (unpaired) electrons. The second kappa shape index (κ2) is 9.19. The summed E-state index contributed by atoms with van der Waals surface area (Å²) in [6.45, 7) is 0.580. The molecular weight excluding hydrogens is 362 g/mol. The van der Waals surface area contributed by atoms with Gasteiger partial charge in [0.25, 0.3) is 0 Å². The number of ether oxygens (including phenoxy) is 2. The van der Waals surface area contributed by atoms with Crippen molar-refractivity contribution < 1.29 is 19.4 Å². The van der Waals surface area contributed by atoms with Gasteiger partial charge in [0, 0.05) is 10.9 Å². The van der Waals surface area contributed by atoms with E-state index in [1.807, 2.05) is 36.4 Å². The third-order valence-electron chi connectivity index (χ3n) is 4.00. The Hall–Kier alpha value is -2.86. The van der Waals surface area contributed by atoms with E-state index in [2.05, 4.69) is 17.1 Å². The van der Waals surface area contributed by atoms with E-state index < -0.39 is 5.97 Å². The summed E-state index contributed by atoms with van der Waals surface area (Å²) in [5.74, 6) is 0.447. The average Bonchev–Trinajstić information content (AvgIpc) is 3.13. The molecule has 3 rings (SSSR count). The SMILES string of the molecule is COc1ccc(-c2nc(CC(=O)O)cs2)cc1OCCCc1ccccc1. The first-order valence-corrected chi connectivity index (χ1v) is 9.55. The fourth-order valence-electron chi connectivity index (χ4n) is 2.70. The first-order valence-electron chi connectivity index (χ1n) is 8.67. The number of hydrogen-bond acceptors (Lipinski definition) is 5. The molecule has 0 saturated carbocycles. The molecule has 3 aromatic rings. The van der Waals surface area contributed by atoms with Crippen LogP contribution in [-0.4, -0.2) is 29.8 Å². The van der Waals surface area contributed by atoms with E-state index in [-0.39, 0.29) is 6.42 Å². The van der Waals surface area contributed by atoms with Gasteiger partial charge in [0.15, 0.2) is 11.5 Å². The lowest BCUT2D eigenvalue weighted by atomic mass is 10.1. The van der Waals surface area contributed by atoms with Crippen molar-refractivity contribution in [1.29, 1.82) is 0 Å². The van der Waals surface area contributed by atoms with Crippen LogP contribution in [0.25, 0.3) is 10.6 Å². The molecule has 0 unspecified atom stereocenters. The molecule has 0 aliphatic carbocycles. The number of aliphatic carboxylic acids is 1. The Morgan fingerprint density at radius 3 is 2.70 bits per heavy atom. The Morgan fingerprint density at radius 1 is 1.15 bits per heavy atom. The molecule has 27 heavy (non-hydrogen) atoms. The first-order chi connectivity index (χ1) is 13.2. The normalized spacial score (nSPS) is 10.6. The van der Waals surface area contributed by atoms with Crippen LogP contribution in [0.3, 0.4) is 0 Å². The predicted octanol–water partition coefficient (Wildman–Crippen LogP) is 4.46. The smallest absolute Gasteiger partial charge is 0.309 e. The zero-order valence-corrected chi connectivity index (χ0v) is 15.9. The van der Waals surface area contributed by atoms with Gasteiger partial charge in [0.1, 0.15) is 5.01 Å². The number of nitrogens with zero attached hydrogens (tertiary/aromatic N) is 1. The van der Waals surface area contributed by atoms with Crippen LogP contribution in [0.5, 0.6) is 11.5 Å². The Bertz CT molecular complexity index is 892. The number of thiazole rings is 1. The number of rotatable bonds is 9. The van der Waals surface area contributed by atoms with Gasteiger partial charge < -0.3 is 14.6 Å². The summed E-state index contributed by atoms with van der Waals surface area (Å²) in [5.41, 5.74) is 2.73. The molecule has 140 valence electrons. The van der Waals surface area contributed by atoms with Crippen molar-refractivity contribution in [3.8, 4) is 22.1 Å². The van der Waals surface area contributed by atoms with E-state index >= 15 is 0 Å². The minimum atomic E-state index is -0.885. The third kappa shape index (κ3) is 5.31. The van der Waals surface area contributed by atoms with Gasteiger partial charge >= 0.3 is 5.97 Å². The second-order valence-corrected chi connectivity index (χ2v) is 6.88. The van der Waals surface area contributed by atoms with Crippen molar-refractivity contribution >= 4 is 17.3 Å². The number of benzene rings is 2. The van der Waals surface area contributed by atoms with E-state index in [1.165, 1.54) is 16.9 Å². The van der Waals surface area contributed by atoms with Gasteiger partial charge in [-0.3, -0.25) is 4.79 Å². The number of methoxy groups -OCH3 is 1. The number of aromatic nitrogens is 1. The molecule has 0 amide bonds. The van der Waals surface area contributed by atoms with Gasteiger partial charge in [-0.2, -0.15) is 0 Å². The number of carboxylic acids is 1. The lowest BCUT2D eigenvalue weighted by molar-refractivity contribution is -0.136. The summed E-state index contributed by atoms with van der Waals surface area (Å²) in [6, 6.07) is 15.9. The molecule has 0 fully saturated rings. The molecule has 6 heteroatoms. The van der Waals surface area contributed by atoms with Gasteiger partial charge in [0.05, 0.1) is 25.8 Å². The van der Waals surface area contributed by atoms with Crippen molar-refractivity contribution in [3.63, 3.8) is 0 Å². The van der Waals surface area contributed by atoms with E-state index in [1.54, 1.807) is 12.5 Å². The summed E-state index contributed by atoms with van der Waals surface area (Å²) in [7, 11) is 1.61. The molecular formula is C21H21NO4S. The molecule has 5 nitrogen and oxygen atoms in total. The monoisotopic (exact) mass is 383 g/mol. The highest BCUT2D eigenvalue weighted by Crippen LogP contribution is 2.34. The maximum atomic E-state index is 10.8. The number of carbonyl (C=O) groups is 1. The van der Waals surface area contributed by atoms with E-state index in [4.69, 9.17) is 14.6 Å². The molecule has 0 saturated heterocycles. The quantitative estimate of drug-likeness (QED) is 0.553.